The zero-order chi connectivity index (χ0) is 13.0. The summed E-state index contributed by atoms with van der Waals surface area (Å²) in [7, 11) is 1.74. The largest absolute Gasteiger partial charge is 0.381 e. The van der Waals surface area contributed by atoms with Crippen LogP contribution in [0.4, 0.5) is 5.82 Å². The Kier molecular flexibility index (Phi) is 4.09. The van der Waals surface area contributed by atoms with Gasteiger partial charge >= 0.3 is 0 Å². The van der Waals surface area contributed by atoms with Crippen molar-refractivity contribution in [2.75, 3.05) is 12.4 Å². The Labute approximate surface area is 106 Å². The molecule has 1 saturated carbocycles. The van der Waals surface area contributed by atoms with Crippen molar-refractivity contribution in [3.8, 4) is 0 Å². The minimum atomic E-state index is -0.564. The molecule has 0 bridgehead atoms. The number of primary amides is 1. The molecule has 1 heterocycles. The fourth-order valence-electron chi connectivity index (χ4n) is 2.24. The van der Waals surface area contributed by atoms with Crippen molar-refractivity contribution in [1.29, 1.82) is 0 Å². The molecule has 1 aromatic rings. The number of nitrogens with zero attached hydrogens (tertiary/aromatic N) is 2. The molecule has 0 spiro atoms. The lowest BCUT2D eigenvalue weighted by Gasteiger charge is -2.28. The van der Waals surface area contributed by atoms with Crippen LogP contribution in [0.3, 0.4) is 0 Å². The van der Waals surface area contributed by atoms with E-state index in [9.17, 15) is 4.79 Å². The third-order valence-electron chi connectivity index (χ3n) is 3.23. The number of hydrogen-bond donors (Lipinski definition) is 2. The van der Waals surface area contributed by atoms with Crippen LogP contribution in [0.2, 0.25) is 0 Å². The number of nitrogens with one attached hydrogen (secondary N) is 1. The monoisotopic (exact) mass is 250 g/mol. The lowest BCUT2D eigenvalue weighted by atomic mass is 9.93. The fraction of sp³-hybridized carbons (Fsp3) is 0.583. The summed E-state index contributed by atoms with van der Waals surface area (Å²) in [5.41, 5.74) is 5.29. The van der Waals surface area contributed by atoms with E-state index in [1.165, 1.54) is 0 Å². The van der Waals surface area contributed by atoms with Gasteiger partial charge in [0.05, 0.1) is 6.10 Å². The summed E-state index contributed by atoms with van der Waals surface area (Å²) < 4.78 is 5.37. The molecule has 3 N–H and O–H groups in total. The minimum Gasteiger partial charge on any atom is -0.381 e. The Morgan fingerprint density at radius 2 is 2.28 bits per heavy atom. The van der Waals surface area contributed by atoms with Gasteiger partial charge in [0, 0.05) is 13.2 Å². The van der Waals surface area contributed by atoms with E-state index in [-0.39, 0.29) is 5.69 Å². The van der Waals surface area contributed by atoms with E-state index in [1.54, 1.807) is 19.2 Å². The first-order chi connectivity index (χ1) is 8.69. The third kappa shape index (κ3) is 3.16. The Hall–Kier alpha value is -1.69. The van der Waals surface area contributed by atoms with Gasteiger partial charge in [-0.1, -0.05) is 0 Å². The van der Waals surface area contributed by atoms with Crippen LogP contribution in [0.5, 0.6) is 0 Å². The SMILES string of the molecule is COC1CCCC(Nc2ccc(C(N)=O)nn2)C1. The third-order valence-corrected chi connectivity index (χ3v) is 3.23. The van der Waals surface area contributed by atoms with Gasteiger partial charge in [-0.3, -0.25) is 4.79 Å². The number of carbonyl (C=O) groups is 1. The normalized spacial score (nSPS) is 23.6. The molecule has 6 heteroatoms. The lowest BCUT2D eigenvalue weighted by Crippen LogP contribution is -2.31. The second-order valence-electron chi connectivity index (χ2n) is 4.53. The predicted octanol–water partition coefficient (Wildman–Crippen LogP) is 0.945. The highest BCUT2D eigenvalue weighted by molar-refractivity contribution is 5.90. The van der Waals surface area contributed by atoms with Crippen molar-refractivity contribution >= 4 is 11.7 Å². The minimum absolute atomic E-state index is 0.180. The summed E-state index contributed by atoms with van der Waals surface area (Å²) in [4.78, 5) is 10.9. The molecule has 2 rings (SSSR count). The van der Waals surface area contributed by atoms with E-state index in [2.05, 4.69) is 15.5 Å². The lowest BCUT2D eigenvalue weighted by molar-refractivity contribution is 0.0669. The van der Waals surface area contributed by atoms with E-state index < -0.39 is 5.91 Å². The fourth-order valence-corrected chi connectivity index (χ4v) is 2.24. The number of carbonyl (C=O) groups excluding carboxylic acids is 1. The summed E-state index contributed by atoms with van der Waals surface area (Å²) in [6.45, 7) is 0. The van der Waals surface area contributed by atoms with Crippen molar-refractivity contribution in [3.63, 3.8) is 0 Å². The molecule has 0 aliphatic heterocycles. The average molecular weight is 250 g/mol. The first-order valence-electron chi connectivity index (χ1n) is 6.12. The van der Waals surface area contributed by atoms with Crippen molar-refractivity contribution in [2.45, 2.75) is 37.8 Å². The summed E-state index contributed by atoms with van der Waals surface area (Å²) in [6.07, 6.45) is 4.63. The summed E-state index contributed by atoms with van der Waals surface area (Å²) in [6, 6.07) is 3.65. The summed E-state index contributed by atoms with van der Waals surface area (Å²) in [5, 5.41) is 11.0. The van der Waals surface area contributed by atoms with Crippen LogP contribution in [0.25, 0.3) is 0 Å². The molecule has 1 fully saturated rings. The summed E-state index contributed by atoms with van der Waals surface area (Å²) >= 11 is 0. The predicted molar refractivity (Wildman–Crippen MR) is 67.2 cm³/mol. The molecule has 98 valence electrons. The van der Waals surface area contributed by atoms with E-state index in [4.69, 9.17) is 10.5 Å². The second kappa shape index (κ2) is 5.77. The molecule has 2 atom stereocenters. The maximum absolute atomic E-state index is 10.9. The van der Waals surface area contributed by atoms with Crippen molar-refractivity contribution < 1.29 is 9.53 Å². The number of rotatable bonds is 4. The standard InChI is InChI=1S/C12H18N4O2/c1-18-9-4-2-3-8(7-9)14-11-6-5-10(12(13)17)15-16-11/h5-6,8-9H,2-4,7H2,1H3,(H2,13,17)(H,14,16). The van der Waals surface area contributed by atoms with Gasteiger partial charge in [-0.2, -0.15) is 0 Å². The Morgan fingerprint density at radius 3 is 2.89 bits per heavy atom. The smallest absolute Gasteiger partial charge is 0.269 e. The molecule has 0 aromatic carbocycles. The number of amides is 1. The molecule has 0 radical (unpaired) electrons. The number of anilines is 1. The number of hydrogen-bond acceptors (Lipinski definition) is 5. The number of ether oxygens (including phenoxy) is 1. The van der Waals surface area contributed by atoms with E-state index in [0.29, 0.717) is 18.0 Å². The highest BCUT2D eigenvalue weighted by Gasteiger charge is 2.21. The molecular formula is C12H18N4O2. The average Bonchev–Trinajstić information content (AvgIpc) is 2.39. The molecule has 18 heavy (non-hydrogen) atoms. The van der Waals surface area contributed by atoms with Crippen LogP contribution in [-0.2, 0) is 4.74 Å². The maximum Gasteiger partial charge on any atom is 0.269 e. The van der Waals surface area contributed by atoms with Crippen molar-refractivity contribution in [3.05, 3.63) is 17.8 Å². The van der Waals surface area contributed by atoms with E-state index >= 15 is 0 Å². The van der Waals surface area contributed by atoms with E-state index in [1.807, 2.05) is 0 Å². The summed E-state index contributed by atoms with van der Waals surface area (Å²) in [5.74, 6) is 0.105. The molecule has 1 aliphatic carbocycles. The quantitative estimate of drug-likeness (QED) is 0.830. The molecule has 2 unspecified atom stereocenters. The van der Waals surface area contributed by atoms with Crippen LogP contribution < -0.4 is 11.1 Å². The highest BCUT2D eigenvalue weighted by atomic mass is 16.5. The van der Waals surface area contributed by atoms with Crippen LogP contribution >= 0.6 is 0 Å². The molecule has 1 amide bonds. The van der Waals surface area contributed by atoms with Crippen LogP contribution in [0.1, 0.15) is 36.2 Å². The van der Waals surface area contributed by atoms with Crippen LogP contribution in [0.15, 0.2) is 12.1 Å². The molecule has 6 nitrogen and oxygen atoms in total. The molecule has 0 saturated heterocycles. The van der Waals surface area contributed by atoms with Crippen LogP contribution in [0, 0.1) is 0 Å². The van der Waals surface area contributed by atoms with Gasteiger partial charge in [0.1, 0.15) is 5.82 Å². The topological polar surface area (TPSA) is 90.1 Å². The van der Waals surface area contributed by atoms with Gasteiger partial charge < -0.3 is 15.8 Å². The Balaban J connectivity index is 1.94. The Morgan fingerprint density at radius 1 is 1.44 bits per heavy atom. The number of aromatic nitrogens is 2. The highest BCUT2D eigenvalue weighted by Crippen LogP contribution is 2.23. The van der Waals surface area contributed by atoms with Crippen LogP contribution in [-0.4, -0.2) is 35.4 Å². The first kappa shape index (κ1) is 12.8. The molecule has 1 aromatic heterocycles. The van der Waals surface area contributed by atoms with Crippen molar-refractivity contribution in [2.24, 2.45) is 5.73 Å². The van der Waals surface area contributed by atoms with Gasteiger partial charge in [-0.25, -0.2) is 0 Å². The van der Waals surface area contributed by atoms with E-state index in [0.717, 1.165) is 25.7 Å². The number of methoxy groups -OCH3 is 1. The zero-order valence-electron chi connectivity index (χ0n) is 10.4. The van der Waals surface area contributed by atoms with Gasteiger partial charge in [-0.05, 0) is 37.8 Å². The van der Waals surface area contributed by atoms with Gasteiger partial charge in [0.15, 0.2) is 5.69 Å². The molecular weight excluding hydrogens is 232 g/mol. The Bertz CT molecular complexity index is 407. The van der Waals surface area contributed by atoms with Gasteiger partial charge in [0.25, 0.3) is 5.91 Å². The molecule has 1 aliphatic rings. The zero-order valence-corrected chi connectivity index (χ0v) is 10.4. The van der Waals surface area contributed by atoms with Gasteiger partial charge in [-0.15, -0.1) is 10.2 Å². The number of nitrogens with two attached hydrogens (primary N) is 1. The van der Waals surface area contributed by atoms with Crippen molar-refractivity contribution in [1.82, 2.24) is 10.2 Å². The second-order valence-corrected chi connectivity index (χ2v) is 4.53. The maximum atomic E-state index is 10.9. The first-order valence-corrected chi connectivity index (χ1v) is 6.12. The van der Waals surface area contributed by atoms with Gasteiger partial charge in [0.2, 0.25) is 0 Å².